The van der Waals surface area contributed by atoms with Gasteiger partial charge in [-0.1, -0.05) is 97.1 Å². The first-order valence-corrected chi connectivity index (χ1v) is 13.6. The van der Waals surface area contributed by atoms with E-state index < -0.39 is 17.2 Å². The Hall–Kier alpha value is -5.75. The van der Waals surface area contributed by atoms with Crippen LogP contribution in [0.5, 0.6) is 5.75 Å². The van der Waals surface area contributed by atoms with Crippen molar-refractivity contribution in [1.29, 1.82) is 0 Å². The fourth-order valence-corrected chi connectivity index (χ4v) is 6.54. The molecule has 0 heterocycles. The van der Waals surface area contributed by atoms with Crippen molar-refractivity contribution >= 4 is 54.9 Å². The molecule has 0 saturated carbocycles. The van der Waals surface area contributed by atoms with E-state index in [9.17, 15) is 14.9 Å². The standard InChI is InChI=1S/C36H21NO5/c38-36(41-22-19-17-21(18-20-22)37(39)40)42-35-33-29-15-7-3-11-25(29)23-9-1-5-13-27(23)31(33)32-28-14-6-2-10-24(28)26-12-4-8-16-30(26)34(32)35/h1-20,35H. The lowest BCUT2D eigenvalue weighted by molar-refractivity contribution is -0.384. The summed E-state index contributed by atoms with van der Waals surface area (Å²) in [5.41, 5.74) is 3.85. The van der Waals surface area contributed by atoms with Crippen LogP contribution in [0.2, 0.25) is 0 Å². The Kier molecular flexibility index (Phi) is 5.24. The number of carbonyl (C=O) groups is 1. The number of rotatable bonds is 3. The van der Waals surface area contributed by atoms with Gasteiger partial charge in [-0.25, -0.2) is 4.79 Å². The summed E-state index contributed by atoms with van der Waals surface area (Å²) < 4.78 is 11.8. The van der Waals surface area contributed by atoms with E-state index in [1.54, 1.807) is 0 Å². The average Bonchev–Trinajstić information content (AvgIpc) is 3.37. The zero-order valence-electron chi connectivity index (χ0n) is 22.1. The van der Waals surface area contributed by atoms with Gasteiger partial charge in [-0.15, -0.1) is 0 Å². The minimum atomic E-state index is -0.887. The number of benzene rings is 7. The molecule has 0 bridgehead atoms. The normalized spacial score (nSPS) is 12.5. The number of nitrogens with zero attached hydrogens (tertiary/aromatic N) is 1. The molecule has 0 saturated heterocycles. The van der Waals surface area contributed by atoms with Gasteiger partial charge in [0.15, 0.2) is 6.10 Å². The van der Waals surface area contributed by atoms with Crippen molar-refractivity contribution in [3.63, 3.8) is 0 Å². The fourth-order valence-electron chi connectivity index (χ4n) is 6.54. The van der Waals surface area contributed by atoms with Crippen LogP contribution >= 0.6 is 0 Å². The summed E-state index contributed by atoms with van der Waals surface area (Å²) in [6.45, 7) is 0. The monoisotopic (exact) mass is 547 g/mol. The highest BCUT2D eigenvalue weighted by atomic mass is 16.7. The van der Waals surface area contributed by atoms with Crippen LogP contribution < -0.4 is 4.74 Å². The van der Waals surface area contributed by atoms with Crippen LogP contribution in [0, 0.1) is 10.1 Å². The smallest absolute Gasteiger partial charge is 0.421 e. The first-order valence-electron chi connectivity index (χ1n) is 13.6. The van der Waals surface area contributed by atoms with Crippen LogP contribution in [0.1, 0.15) is 17.2 Å². The van der Waals surface area contributed by atoms with Gasteiger partial charge in [-0.05, 0) is 66.3 Å². The van der Waals surface area contributed by atoms with Gasteiger partial charge in [-0.2, -0.15) is 0 Å². The summed E-state index contributed by atoms with van der Waals surface area (Å²) in [7, 11) is 0. The van der Waals surface area contributed by atoms with Crippen molar-refractivity contribution in [1.82, 2.24) is 0 Å². The maximum Gasteiger partial charge on any atom is 0.514 e. The van der Waals surface area contributed by atoms with E-state index in [-0.39, 0.29) is 11.4 Å². The Bertz CT molecular complexity index is 2130. The van der Waals surface area contributed by atoms with Gasteiger partial charge >= 0.3 is 6.16 Å². The zero-order chi connectivity index (χ0) is 28.4. The van der Waals surface area contributed by atoms with Crippen LogP contribution in [0.15, 0.2) is 121 Å². The first-order chi connectivity index (χ1) is 20.6. The molecule has 1 aliphatic carbocycles. The molecule has 0 radical (unpaired) electrons. The third-order valence-corrected chi connectivity index (χ3v) is 8.18. The van der Waals surface area contributed by atoms with Gasteiger partial charge in [0.05, 0.1) is 4.92 Å². The van der Waals surface area contributed by atoms with Gasteiger partial charge in [0.25, 0.3) is 5.69 Å². The molecule has 200 valence electrons. The van der Waals surface area contributed by atoms with Crippen molar-refractivity contribution in [3.05, 3.63) is 143 Å². The summed E-state index contributed by atoms with van der Waals surface area (Å²) >= 11 is 0. The van der Waals surface area contributed by atoms with Crippen LogP contribution in [0.25, 0.3) is 54.2 Å². The van der Waals surface area contributed by atoms with E-state index in [2.05, 4.69) is 48.5 Å². The molecule has 1 aliphatic rings. The second-order valence-corrected chi connectivity index (χ2v) is 10.4. The Labute approximate surface area is 239 Å². The molecular formula is C36H21NO5. The van der Waals surface area contributed by atoms with E-state index in [4.69, 9.17) is 9.47 Å². The highest BCUT2D eigenvalue weighted by molar-refractivity contribution is 6.25. The Morgan fingerprint density at radius 3 is 1.36 bits per heavy atom. The predicted molar refractivity (Wildman–Crippen MR) is 164 cm³/mol. The second kappa shape index (κ2) is 9.14. The highest BCUT2D eigenvalue weighted by Gasteiger charge is 2.38. The molecule has 0 fully saturated rings. The number of hydrogen-bond acceptors (Lipinski definition) is 5. The topological polar surface area (TPSA) is 78.7 Å². The maximum atomic E-state index is 13.4. The molecule has 0 aliphatic heterocycles. The fraction of sp³-hybridized carbons (Fsp3) is 0.0278. The zero-order valence-corrected chi connectivity index (χ0v) is 22.1. The lowest BCUT2D eigenvalue weighted by Gasteiger charge is -2.19. The molecule has 0 N–H and O–H groups in total. The third-order valence-electron chi connectivity index (χ3n) is 8.18. The van der Waals surface area contributed by atoms with E-state index in [1.165, 1.54) is 24.3 Å². The minimum Gasteiger partial charge on any atom is -0.421 e. The van der Waals surface area contributed by atoms with Crippen molar-refractivity contribution in [2.75, 3.05) is 0 Å². The number of hydrogen-bond donors (Lipinski definition) is 0. The van der Waals surface area contributed by atoms with Gasteiger partial charge in [0, 0.05) is 23.3 Å². The molecule has 0 aromatic heterocycles. The van der Waals surface area contributed by atoms with Crippen molar-refractivity contribution in [3.8, 4) is 16.9 Å². The molecule has 6 heteroatoms. The highest BCUT2D eigenvalue weighted by Crippen LogP contribution is 2.56. The lowest BCUT2D eigenvalue weighted by Crippen LogP contribution is -2.15. The Morgan fingerprint density at radius 2 is 0.929 bits per heavy atom. The molecule has 0 amide bonds. The molecule has 7 aromatic carbocycles. The summed E-state index contributed by atoms with van der Waals surface area (Å²) in [5.74, 6) is 0.163. The number of non-ortho nitro benzene ring substituents is 1. The quantitative estimate of drug-likeness (QED) is 0.0724. The molecule has 0 atom stereocenters. The number of ether oxygens (including phenoxy) is 2. The third kappa shape index (κ3) is 3.48. The molecule has 6 nitrogen and oxygen atoms in total. The average molecular weight is 548 g/mol. The number of fused-ring (bicyclic) bond motifs is 13. The van der Waals surface area contributed by atoms with Gasteiger partial charge in [0.2, 0.25) is 0 Å². The summed E-state index contributed by atoms with van der Waals surface area (Å²) in [6.07, 6.45) is -1.63. The van der Waals surface area contributed by atoms with E-state index in [1.807, 2.05) is 48.5 Å². The Balaban J connectivity index is 1.41. The first kappa shape index (κ1) is 24.1. The van der Waals surface area contributed by atoms with Gasteiger partial charge in [-0.3, -0.25) is 10.1 Å². The predicted octanol–water partition coefficient (Wildman–Crippen LogP) is 9.49. The molecule has 8 rings (SSSR count). The number of nitro groups is 1. The minimum absolute atomic E-state index is 0.0916. The van der Waals surface area contributed by atoms with Crippen molar-refractivity contribution in [2.45, 2.75) is 6.10 Å². The Morgan fingerprint density at radius 1 is 0.548 bits per heavy atom. The van der Waals surface area contributed by atoms with Gasteiger partial charge < -0.3 is 9.47 Å². The molecule has 42 heavy (non-hydrogen) atoms. The second-order valence-electron chi connectivity index (χ2n) is 10.4. The van der Waals surface area contributed by atoms with E-state index >= 15 is 0 Å². The summed E-state index contributed by atoms with van der Waals surface area (Å²) in [5, 5.41) is 19.7. The van der Waals surface area contributed by atoms with Crippen LogP contribution in [-0.2, 0) is 4.74 Å². The van der Waals surface area contributed by atoms with E-state index in [0.717, 1.165) is 65.3 Å². The van der Waals surface area contributed by atoms with Gasteiger partial charge in [0.1, 0.15) is 5.75 Å². The van der Waals surface area contributed by atoms with Crippen molar-refractivity contribution in [2.24, 2.45) is 0 Å². The summed E-state index contributed by atoms with van der Waals surface area (Å²) in [6, 6.07) is 38.5. The lowest BCUT2D eigenvalue weighted by atomic mass is 9.89. The largest absolute Gasteiger partial charge is 0.514 e. The van der Waals surface area contributed by atoms with Crippen LogP contribution in [0.3, 0.4) is 0 Å². The van der Waals surface area contributed by atoms with Crippen LogP contribution in [0.4, 0.5) is 10.5 Å². The molecular weight excluding hydrogens is 526 g/mol. The summed E-state index contributed by atoms with van der Waals surface area (Å²) in [4.78, 5) is 24.0. The maximum absolute atomic E-state index is 13.4. The SMILES string of the molecule is O=C(Oc1ccc([N+](=O)[O-])cc1)OC1c2c(c3ccccc3c3ccccc23)-c2c1c1ccccc1c1ccccc21. The molecule has 0 unspecified atom stereocenters. The number of carbonyl (C=O) groups excluding carboxylic acids is 1. The van der Waals surface area contributed by atoms with Crippen molar-refractivity contribution < 1.29 is 19.2 Å². The van der Waals surface area contributed by atoms with E-state index in [0.29, 0.717) is 0 Å². The molecule has 0 spiro atoms. The number of nitro benzene ring substituents is 1. The van der Waals surface area contributed by atoms with Crippen LogP contribution in [-0.4, -0.2) is 11.1 Å². The molecule has 7 aromatic rings.